The molecular formula is C18H26N2O. The van der Waals surface area contributed by atoms with E-state index in [9.17, 15) is 0 Å². The van der Waals surface area contributed by atoms with Crippen LogP contribution in [0.1, 0.15) is 18.4 Å². The monoisotopic (exact) mass is 286 g/mol. The summed E-state index contributed by atoms with van der Waals surface area (Å²) < 4.78 is 5.61. The van der Waals surface area contributed by atoms with Crippen molar-refractivity contribution in [1.82, 2.24) is 4.90 Å². The highest BCUT2D eigenvalue weighted by Gasteiger charge is 2.23. The first-order valence-electron chi connectivity index (χ1n) is 7.99. The van der Waals surface area contributed by atoms with Crippen LogP contribution in [0.3, 0.4) is 0 Å². The van der Waals surface area contributed by atoms with Gasteiger partial charge in [0.2, 0.25) is 0 Å². The lowest BCUT2D eigenvalue weighted by molar-refractivity contribution is 0.149. The highest BCUT2D eigenvalue weighted by molar-refractivity contribution is 5.55. The van der Waals surface area contributed by atoms with Gasteiger partial charge < -0.3 is 14.5 Å². The molecule has 0 aliphatic carbocycles. The minimum absolute atomic E-state index is 0.613. The lowest BCUT2D eigenvalue weighted by atomic mass is 10.1. The van der Waals surface area contributed by atoms with E-state index in [1.165, 1.54) is 29.7 Å². The summed E-state index contributed by atoms with van der Waals surface area (Å²) in [6, 6.07) is 9.50. The molecule has 0 spiro atoms. The Morgan fingerprint density at radius 1 is 1.29 bits per heavy atom. The molecule has 0 aromatic heterocycles. The van der Waals surface area contributed by atoms with Crippen LogP contribution >= 0.6 is 0 Å². The number of aryl methyl sites for hydroxylation is 1. The molecule has 0 N–H and O–H groups in total. The first kappa shape index (κ1) is 14.6. The van der Waals surface area contributed by atoms with Crippen LogP contribution < -0.4 is 4.90 Å². The highest BCUT2D eigenvalue weighted by Crippen LogP contribution is 2.28. The molecule has 1 aromatic rings. The fraction of sp³-hybridized carbons (Fsp3) is 0.556. The number of benzene rings is 1. The van der Waals surface area contributed by atoms with Crippen LogP contribution in [0.25, 0.3) is 0 Å². The van der Waals surface area contributed by atoms with Crippen LogP contribution in [0.5, 0.6) is 0 Å². The maximum absolute atomic E-state index is 5.61. The third kappa shape index (κ3) is 3.47. The van der Waals surface area contributed by atoms with Crippen molar-refractivity contribution >= 4 is 5.69 Å². The summed E-state index contributed by atoms with van der Waals surface area (Å²) in [5.74, 6) is 0. The van der Waals surface area contributed by atoms with Crippen molar-refractivity contribution in [1.29, 1.82) is 0 Å². The van der Waals surface area contributed by atoms with E-state index in [4.69, 9.17) is 4.74 Å². The quantitative estimate of drug-likeness (QED) is 0.795. The number of rotatable bonds is 3. The molecule has 1 aromatic carbocycles. The molecule has 1 unspecified atom stereocenters. The second-order valence-electron chi connectivity index (χ2n) is 6.37. The average molecular weight is 286 g/mol. The molecule has 2 aliphatic rings. The van der Waals surface area contributed by atoms with Gasteiger partial charge in [-0.05, 0) is 50.6 Å². The van der Waals surface area contributed by atoms with Gasteiger partial charge in [-0.25, -0.2) is 0 Å². The first-order valence-corrected chi connectivity index (χ1v) is 7.99. The second kappa shape index (κ2) is 6.63. The Bertz CT molecular complexity index is 510. The average Bonchev–Trinajstić information content (AvgIpc) is 2.69. The van der Waals surface area contributed by atoms with E-state index in [1.54, 1.807) is 0 Å². The van der Waals surface area contributed by atoms with Crippen LogP contribution in [0.4, 0.5) is 5.69 Å². The Morgan fingerprint density at radius 2 is 2.14 bits per heavy atom. The van der Waals surface area contributed by atoms with Crippen molar-refractivity contribution in [2.24, 2.45) is 0 Å². The molecule has 3 heteroatoms. The van der Waals surface area contributed by atoms with Gasteiger partial charge in [-0.1, -0.05) is 24.3 Å². The number of hydrogen-bond donors (Lipinski definition) is 0. The van der Waals surface area contributed by atoms with Crippen LogP contribution in [0, 0.1) is 0 Å². The molecule has 114 valence electrons. The topological polar surface area (TPSA) is 15.7 Å². The van der Waals surface area contributed by atoms with Crippen molar-refractivity contribution in [3.05, 3.63) is 41.5 Å². The third-order valence-electron chi connectivity index (χ3n) is 4.62. The molecule has 21 heavy (non-hydrogen) atoms. The molecule has 0 amide bonds. The summed E-state index contributed by atoms with van der Waals surface area (Å²) in [4.78, 5) is 4.91. The van der Waals surface area contributed by atoms with Gasteiger partial charge in [-0.3, -0.25) is 0 Å². The number of likely N-dealkylation sites (N-methyl/N-ethyl adjacent to an activating group) is 1. The fourth-order valence-electron chi connectivity index (χ4n) is 3.33. The summed E-state index contributed by atoms with van der Waals surface area (Å²) in [5.41, 5.74) is 4.32. The molecule has 0 fully saturated rings. The molecular weight excluding hydrogens is 260 g/mol. The Morgan fingerprint density at radius 3 is 2.90 bits per heavy atom. The second-order valence-corrected chi connectivity index (χ2v) is 6.37. The summed E-state index contributed by atoms with van der Waals surface area (Å²) >= 11 is 0. The highest BCUT2D eigenvalue weighted by atomic mass is 16.5. The standard InChI is InChI=1S/C18H26N2O/c1-19(2)17-10-9-16-7-3-4-8-18(16)20(13-17)12-15-6-5-11-21-14-15/h3-4,6-8,17H,5,9-14H2,1-2H3. The van der Waals surface area contributed by atoms with Gasteiger partial charge in [0.25, 0.3) is 0 Å². The zero-order valence-corrected chi connectivity index (χ0v) is 13.2. The normalized spacial score (nSPS) is 22.7. The molecule has 0 bridgehead atoms. The van der Waals surface area contributed by atoms with Crippen molar-refractivity contribution in [2.75, 3.05) is 45.3 Å². The van der Waals surface area contributed by atoms with Gasteiger partial charge in [-0.15, -0.1) is 0 Å². The van der Waals surface area contributed by atoms with E-state index in [2.05, 4.69) is 54.2 Å². The zero-order valence-electron chi connectivity index (χ0n) is 13.2. The summed E-state index contributed by atoms with van der Waals surface area (Å²) in [6.45, 7) is 3.77. The summed E-state index contributed by atoms with van der Waals surface area (Å²) in [6.07, 6.45) is 5.82. The maximum Gasteiger partial charge on any atom is 0.0694 e. The van der Waals surface area contributed by atoms with Gasteiger partial charge in [0.1, 0.15) is 0 Å². The molecule has 0 radical (unpaired) electrons. The Kier molecular flexibility index (Phi) is 4.61. The van der Waals surface area contributed by atoms with Crippen LogP contribution in [-0.2, 0) is 11.2 Å². The molecule has 3 nitrogen and oxygen atoms in total. The van der Waals surface area contributed by atoms with Gasteiger partial charge in [0.05, 0.1) is 13.2 Å². The number of nitrogens with zero attached hydrogens (tertiary/aromatic N) is 2. The van der Waals surface area contributed by atoms with E-state index in [-0.39, 0.29) is 0 Å². The van der Waals surface area contributed by atoms with Crippen LogP contribution in [0.15, 0.2) is 35.9 Å². The minimum Gasteiger partial charge on any atom is -0.377 e. The van der Waals surface area contributed by atoms with Crippen molar-refractivity contribution in [2.45, 2.75) is 25.3 Å². The SMILES string of the molecule is CN(C)C1CCc2ccccc2N(CC2=CCCOC2)C1. The predicted molar refractivity (Wildman–Crippen MR) is 88.0 cm³/mol. The van der Waals surface area contributed by atoms with E-state index in [0.717, 1.165) is 32.7 Å². The Balaban J connectivity index is 1.84. The number of fused-ring (bicyclic) bond motifs is 1. The smallest absolute Gasteiger partial charge is 0.0694 e. The van der Waals surface area contributed by atoms with Crippen LogP contribution in [-0.4, -0.2) is 51.3 Å². The lowest BCUT2D eigenvalue weighted by Gasteiger charge is -2.32. The molecule has 1 atom stereocenters. The predicted octanol–water partition coefficient (Wildman–Crippen LogP) is 2.72. The summed E-state index contributed by atoms with van der Waals surface area (Å²) in [7, 11) is 4.39. The maximum atomic E-state index is 5.61. The lowest BCUT2D eigenvalue weighted by Crippen LogP contribution is -2.40. The van der Waals surface area contributed by atoms with Crippen molar-refractivity contribution < 1.29 is 4.74 Å². The minimum atomic E-state index is 0.613. The molecule has 3 rings (SSSR count). The molecule has 0 saturated heterocycles. The van der Waals surface area contributed by atoms with Crippen molar-refractivity contribution in [3.8, 4) is 0 Å². The Labute approximate surface area is 128 Å². The largest absolute Gasteiger partial charge is 0.377 e. The number of hydrogen-bond acceptors (Lipinski definition) is 3. The van der Waals surface area contributed by atoms with Gasteiger partial charge in [0.15, 0.2) is 0 Å². The number of anilines is 1. The van der Waals surface area contributed by atoms with Gasteiger partial charge in [0, 0.05) is 24.8 Å². The first-order chi connectivity index (χ1) is 10.2. The Hall–Kier alpha value is -1.32. The fourth-order valence-corrected chi connectivity index (χ4v) is 3.33. The van der Waals surface area contributed by atoms with Gasteiger partial charge >= 0.3 is 0 Å². The van der Waals surface area contributed by atoms with Gasteiger partial charge in [-0.2, -0.15) is 0 Å². The van der Waals surface area contributed by atoms with E-state index in [1.807, 2.05) is 0 Å². The van der Waals surface area contributed by atoms with E-state index in [0.29, 0.717) is 6.04 Å². The molecule has 0 saturated carbocycles. The van der Waals surface area contributed by atoms with E-state index >= 15 is 0 Å². The van der Waals surface area contributed by atoms with Crippen LogP contribution in [0.2, 0.25) is 0 Å². The number of para-hydroxylation sites is 1. The van der Waals surface area contributed by atoms with Crippen molar-refractivity contribution in [3.63, 3.8) is 0 Å². The zero-order chi connectivity index (χ0) is 14.7. The molecule has 2 heterocycles. The molecule has 2 aliphatic heterocycles. The number of ether oxygens (including phenoxy) is 1. The van der Waals surface area contributed by atoms with E-state index < -0.39 is 0 Å². The third-order valence-corrected chi connectivity index (χ3v) is 4.62. The summed E-state index contributed by atoms with van der Waals surface area (Å²) in [5, 5.41) is 0.